The molecule has 1 atom stereocenters. The molecule has 1 N–H and O–H groups in total. The summed E-state index contributed by atoms with van der Waals surface area (Å²) in [5.41, 5.74) is 4.94. The molecule has 3 heteroatoms. The molecule has 1 heterocycles. The first-order valence-corrected chi connectivity index (χ1v) is 8.31. The Morgan fingerprint density at radius 2 is 1.91 bits per heavy atom. The Hall–Kier alpha value is -2.29. The smallest absolute Gasteiger partial charge is 0.239 e. The molecule has 0 bridgehead atoms. The Morgan fingerprint density at radius 3 is 2.74 bits per heavy atom. The maximum atomic E-state index is 12.4. The summed E-state index contributed by atoms with van der Waals surface area (Å²) in [5, 5.41) is 3.06. The molecule has 1 aliphatic heterocycles. The molecule has 1 amide bonds. The molecule has 0 fully saturated rings. The van der Waals surface area contributed by atoms with Crippen LogP contribution in [0.3, 0.4) is 0 Å². The number of rotatable bonds is 4. The lowest BCUT2D eigenvalue weighted by atomic mass is 9.96. The average molecular weight is 308 g/mol. The van der Waals surface area contributed by atoms with E-state index in [1.54, 1.807) is 0 Å². The van der Waals surface area contributed by atoms with E-state index >= 15 is 0 Å². The van der Waals surface area contributed by atoms with Gasteiger partial charge in [0.05, 0.1) is 6.54 Å². The summed E-state index contributed by atoms with van der Waals surface area (Å²) < 4.78 is 0. The van der Waals surface area contributed by atoms with Crippen molar-refractivity contribution in [2.24, 2.45) is 0 Å². The summed E-state index contributed by atoms with van der Waals surface area (Å²) in [6.45, 7) is 5.29. The molecule has 3 rings (SSSR count). The normalized spacial score (nSPS) is 16.8. The third kappa shape index (κ3) is 3.55. The van der Waals surface area contributed by atoms with Gasteiger partial charge in [0.2, 0.25) is 5.91 Å². The first-order chi connectivity index (χ1) is 11.1. The van der Waals surface area contributed by atoms with Gasteiger partial charge in [-0.2, -0.15) is 0 Å². The van der Waals surface area contributed by atoms with E-state index in [-0.39, 0.29) is 5.91 Å². The van der Waals surface area contributed by atoms with Gasteiger partial charge in [-0.05, 0) is 49.4 Å². The van der Waals surface area contributed by atoms with Crippen molar-refractivity contribution in [1.29, 1.82) is 0 Å². The highest BCUT2D eigenvalue weighted by molar-refractivity contribution is 5.82. The summed E-state index contributed by atoms with van der Waals surface area (Å²) >= 11 is 0. The molecule has 3 nitrogen and oxygen atoms in total. The fourth-order valence-electron chi connectivity index (χ4n) is 3.21. The van der Waals surface area contributed by atoms with E-state index in [1.807, 2.05) is 12.1 Å². The van der Waals surface area contributed by atoms with E-state index in [1.165, 1.54) is 22.4 Å². The number of carbonyl (C=O) groups excluding carboxylic acids is 1. The molecule has 1 unspecified atom stereocenters. The predicted molar refractivity (Wildman–Crippen MR) is 94.6 cm³/mol. The van der Waals surface area contributed by atoms with Crippen LogP contribution in [-0.2, 0) is 17.8 Å². The van der Waals surface area contributed by atoms with E-state index in [0.717, 1.165) is 12.8 Å². The maximum absolute atomic E-state index is 12.4. The van der Waals surface area contributed by atoms with Gasteiger partial charge in [0.1, 0.15) is 0 Å². The largest absolute Gasteiger partial charge is 0.359 e. The molecule has 0 spiro atoms. The minimum Gasteiger partial charge on any atom is -0.359 e. The zero-order valence-corrected chi connectivity index (χ0v) is 13.9. The highest BCUT2D eigenvalue weighted by Gasteiger charge is 2.24. The van der Waals surface area contributed by atoms with E-state index in [2.05, 4.69) is 60.5 Å². The summed E-state index contributed by atoms with van der Waals surface area (Å²) in [7, 11) is 0. The molecule has 0 aromatic heterocycles. The monoisotopic (exact) mass is 308 g/mol. The molecule has 0 aliphatic carbocycles. The second kappa shape index (κ2) is 6.86. The number of para-hydroxylation sites is 1. The third-order valence-corrected chi connectivity index (χ3v) is 4.72. The Balaban J connectivity index is 1.65. The molecule has 120 valence electrons. The van der Waals surface area contributed by atoms with Crippen molar-refractivity contribution in [2.75, 3.05) is 11.4 Å². The van der Waals surface area contributed by atoms with Gasteiger partial charge in [-0.3, -0.25) is 4.79 Å². The minimum absolute atomic E-state index is 0.0804. The Kier molecular flexibility index (Phi) is 4.65. The van der Waals surface area contributed by atoms with Gasteiger partial charge < -0.3 is 10.2 Å². The van der Waals surface area contributed by atoms with Gasteiger partial charge >= 0.3 is 0 Å². The summed E-state index contributed by atoms with van der Waals surface area (Å²) in [6.07, 6.45) is 2.20. The standard InChI is InChI=1S/C20H24N2O/c1-15-7-3-4-9-18(15)13-21-20(23)14-22-16(2)11-12-17-8-5-6-10-19(17)22/h3-10,16H,11-14H2,1-2H3,(H,21,23). The quantitative estimate of drug-likeness (QED) is 0.938. The molecule has 1 aliphatic rings. The van der Waals surface area contributed by atoms with Crippen molar-refractivity contribution in [1.82, 2.24) is 5.32 Å². The van der Waals surface area contributed by atoms with E-state index < -0.39 is 0 Å². The third-order valence-electron chi connectivity index (χ3n) is 4.72. The second-order valence-electron chi connectivity index (χ2n) is 6.35. The molecule has 2 aromatic rings. The van der Waals surface area contributed by atoms with Crippen LogP contribution in [0.5, 0.6) is 0 Å². The average Bonchev–Trinajstić information content (AvgIpc) is 2.57. The van der Waals surface area contributed by atoms with E-state index in [0.29, 0.717) is 19.1 Å². The molecular formula is C20H24N2O. The Labute approximate surface area is 138 Å². The van der Waals surface area contributed by atoms with E-state index in [9.17, 15) is 4.79 Å². The minimum atomic E-state index is 0.0804. The number of benzene rings is 2. The number of aryl methyl sites for hydroxylation is 2. The molecule has 0 saturated heterocycles. The molecule has 2 aromatic carbocycles. The zero-order valence-electron chi connectivity index (χ0n) is 13.9. The number of fused-ring (bicyclic) bond motifs is 1. The van der Waals surface area contributed by atoms with Crippen LogP contribution in [0.4, 0.5) is 5.69 Å². The predicted octanol–water partition coefficient (Wildman–Crippen LogP) is 3.45. The van der Waals surface area contributed by atoms with E-state index in [4.69, 9.17) is 0 Å². The number of nitrogens with zero attached hydrogens (tertiary/aromatic N) is 1. The van der Waals surface area contributed by atoms with Crippen LogP contribution in [0.15, 0.2) is 48.5 Å². The topological polar surface area (TPSA) is 32.3 Å². The Bertz CT molecular complexity index is 696. The van der Waals surface area contributed by atoms with Gasteiger partial charge in [0, 0.05) is 18.3 Å². The number of carbonyl (C=O) groups is 1. The van der Waals surface area contributed by atoms with Crippen LogP contribution >= 0.6 is 0 Å². The lowest BCUT2D eigenvalue weighted by Gasteiger charge is -2.36. The van der Waals surface area contributed by atoms with Crippen LogP contribution < -0.4 is 10.2 Å². The van der Waals surface area contributed by atoms with Crippen molar-refractivity contribution >= 4 is 11.6 Å². The van der Waals surface area contributed by atoms with Gasteiger partial charge in [-0.25, -0.2) is 0 Å². The molecule has 0 radical (unpaired) electrons. The highest BCUT2D eigenvalue weighted by atomic mass is 16.2. The summed E-state index contributed by atoms with van der Waals surface area (Å²) in [6, 6.07) is 17.0. The van der Waals surface area contributed by atoms with Gasteiger partial charge in [0.15, 0.2) is 0 Å². The number of hydrogen-bond donors (Lipinski definition) is 1. The molecular weight excluding hydrogens is 284 g/mol. The van der Waals surface area contributed by atoms with Crippen LogP contribution in [-0.4, -0.2) is 18.5 Å². The lowest BCUT2D eigenvalue weighted by molar-refractivity contribution is -0.120. The van der Waals surface area contributed by atoms with Crippen molar-refractivity contribution in [3.05, 3.63) is 65.2 Å². The van der Waals surface area contributed by atoms with Crippen LogP contribution in [0.25, 0.3) is 0 Å². The fourth-order valence-corrected chi connectivity index (χ4v) is 3.21. The highest BCUT2D eigenvalue weighted by Crippen LogP contribution is 2.29. The summed E-state index contributed by atoms with van der Waals surface area (Å²) in [4.78, 5) is 14.6. The van der Waals surface area contributed by atoms with Gasteiger partial charge in [-0.15, -0.1) is 0 Å². The number of amides is 1. The van der Waals surface area contributed by atoms with Crippen LogP contribution in [0, 0.1) is 6.92 Å². The summed E-state index contributed by atoms with van der Waals surface area (Å²) in [5.74, 6) is 0.0804. The van der Waals surface area contributed by atoms with Crippen molar-refractivity contribution in [3.63, 3.8) is 0 Å². The SMILES string of the molecule is Cc1ccccc1CNC(=O)CN1c2ccccc2CCC1C. The second-order valence-corrected chi connectivity index (χ2v) is 6.35. The first-order valence-electron chi connectivity index (χ1n) is 8.31. The van der Waals surface area contributed by atoms with Gasteiger partial charge in [0.25, 0.3) is 0 Å². The lowest BCUT2D eigenvalue weighted by Crippen LogP contribution is -2.44. The maximum Gasteiger partial charge on any atom is 0.239 e. The van der Waals surface area contributed by atoms with Crippen LogP contribution in [0.1, 0.15) is 30.0 Å². The number of hydrogen-bond acceptors (Lipinski definition) is 2. The first kappa shape index (κ1) is 15.6. The fraction of sp³-hybridized carbons (Fsp3) is 0.350. The van der Waals surface area contributed by atoms with Crippen LogP contribution in [0.2, 0.25) is 0 Å². The zero-order chi connectivity index (χ0) is 16.2. The molecule has 23 heavy (non-hydrogen) atoms. The molecule has 0 saturated carbocycles. The number of anilines is 1. The Morgan fingerprint density at radius 1 is 1.17 bits per heavy atom. The number of nitrogens with one attached hydrogen (secondary N) is 1. The van der Waals surface area contributed by atoms with Gasteiger partial charge in [-0.1, -0.05) is 42.5 Å². The van der Waals surface area contributed by atoms with Crippen molar-refractivity contribution in [3.8, 4) is 0 Å². The van der Waals surface area contributed by atoms with Crippen molar-refractivity contribution < 1.29 is 4.79 Å². The van der Waals surface area contributed by atoms with Crippen molar-refractivity contribution in [2.45, 2.75) is 39.3 Å².